The van der Waals surface area contributed by atoms with E-state index >= 15 is 0 Å². The molecule has 0 saturated heterocycles. The maximum absolute atomic E-state index is 12.1. The molecule has 0 aliphatic heterocycles. The Kier molecular flexibility index (Phi) is 5.30. The first-order chi connectivity index (χ1) is 14.1. The first-order valence-electron chi connectivity index (χ1n) is 9.80. The SMILES string of the molecule is Cc1c(C(N)=O)cc(-c2ccccc2)n1CC(c1ccccc1)c1ccccc1. The van der Waals surface area contributed by atoms with Gasteiger partial charge in [-0.3, -0.25) is 4.79 Å². The Morgan fingerprint density at radius 2 is 1.31 bits per heavy atom. The highest BCUT2D eigenvalue weighted by molar-refractivity contribution is 5.95. The van der Waals surface area contributed by atoms with Gasteiger partial charge in [-0.05, 0) is 29.7 Å². The summed E-state index contributed by atoms with van der Waals surface area (Å²) in [6.07, 6.45) is 0. The fourth-order valence-electron chi connectivity index (χ4n) is 3.93. The van der Waals surface area contributed by atoms with Crippen LogP contribution in [0.1, 0.15) is 33.1 Å². The van der Waals surface area contributed by atoms with E-state index in [2.05, 4.69) is 65.2 Å². The van der Waals surface area contributed by atoms with Gasteiger partial charge in [0.05, 0.1) is 5.56 Å². The molecule has 3 nitrogen and oxygen atoms in total. The Morgan fingerprint density at radius 3 is 1.79 bits per heavy atom. The second-order valence-corrected chi connectivity index (χ2v) is 7.24. The van der Waals surface area contributed by atoms with Gasteiger partial charge in [0.2, 0.25) is 0 Å². The van der Waals surface area contributed by atoms with Crippen LogP contribution in [-0.4, -0.2) is 10.5 Å². The predicted molar refractivity (Wildman–Crippen MR) is 118 cm³/mol. The number of amides is 1. The van der Waals surface area contributed by atoms with Crippen molar-refractivity contribution in [1.82, 2.24) is 4.57 Å². The topological polar surface area (TPSA) is 48.0 Å². The molecule has 29 heavy (non-hydrogen) atoms. The third-order valence-electron chi connectivity index (χ3n) is 5.47. The van der Waals surface area contributed by atoms with E-state index in [0.29, 0.717) is 5.56 Å². The molecule has 0 aliphatic rings. The van der Waals surface area contributed by atoms with Crippen molar-refractivity contribution >= 4 is 5.91 Å². The standard InChI is InChI=1S/C26H24N2O/c1-19-23(26(27)29)17-25(22-15-9-4-10-16-22)28(19)18-24(20-11-5-2-6-12-20)21-13-7-3-8-14-21/h2-17,24H,18H2,1H3,(H2,27,29). The molecule has 4 rings (SSSR count). The van der Waals surface area contributed by atoms with E-state index < -0.39 is 5.91 Å². The summed E-state index contributed by atoms with van der Waals surface area (Å²) in [7, 11) is 0. The van der Waals surface area contributed by atoms with E-state index in [4.69, 9.17) is 5.73 Å². The summed E-state index contributed by atoms with van der Waals surface area (Å²) in [4.78, 5) is 12.1. The molecule has 3 heteroatoms. The molecule has 0 bridgehead atoms. The van der Waals surface area contributed by atoms with Crippen LogP contribution in [0.2, 0.25) is 0 Å². The molecule has 1 amide bonds. The van der Waals surface area contributed by atoms with Gasteiger partial charge in [0.25, 0.3) is 5.91 Å². The van der Waals surface area contributed by atoms with Crippen molar-refractivity contribution in [3.63, 3.8) is 0 Å². The number of hydrogen-bond acceptors (Lipinski definition) is 1. The van der Waals surface area contributed by atoms with Crippen molar-refractivity contribution in [3.05, 3.63) is 119 Å². The molecule has 0 aliphatic carbocycles. The average molecular weight is 380 g/mol. The molecule has 1 aromatic heterocycles. The smallest absolute Gasteiger partial charge is 0.250 e. The number of nitrogens with two attached hydrogens (primary N) is 1. The van der Waals surface area contributed by atoms with E-state index in [1.165, 1.54) is 11.1 Å². The third kappa shape index (κ3) is 3.85. The number of hydrogen-bond donors (Lipinski definition) is 1. The van der Waals surface area contributed by atoms with Crippen molar-refractivity contribution in [3.8, 4) is 11.3 Å². The second-order valence-electron chi connectivity index (χ2n) is 7.24. The zero-order valence-corrected chi connectivity index (χ0v) is 16.5. The van der Waals surface area contributed by atoms with Crippen molar-refractivity contribution in [2.24, 2.45) is 5.73 Å². The zero-order valence-electron chi connectivity index (χ0n) is 16.5. The summed E-state index contributed by atoms with van der Waals surface area (Å²) in [6.45, 7) is 2.69. The van der Waals surface area contributed by atoms with E-state index in [0.717, 1.165) is 23.5 Å². The minimum absolute atomic E-state index is 0.159. The van der Waals surface area contributed by atoms with E-state index in [1.807, 2.05) is 43.3 Å². The summed E-state index contributed by atoms with van der Waals surface area (Å²) < 4.78 is 2.22. The molecular formula is C26H24N2O. The largest absolute Gasteiger partial charge is 0.366 e. The normalized spacial score (nSPS) is 11.0. The number of aromatic nitrogens is 1. The van der Waals surface area contributed by atoms with Gasteiger partial charge in [-0.2, -0.15) is 0 Å². The fourth-order valence-corrected chi connectivity index (χ4v) is 3.93. The summed E-state index contributed by atoms with van der Waals surface area (Å²) in [5, 5.41) is 0. The fraction of sp³-hybridized carbons (Fsp3) is 0.115. The highest BCUT2D eigenvalue weighted by atomic mass is 16.1. The third-order valence-corrected chi connectivity index (χ3v) is 5.47. The second kappa shape index (κ2) is 8.19. The maximum Gasteiger partial charge on any atom is 0.250 e. The molecule has 4 aromatic rings. The number of primary amides is 1. The van der Waals surface area contributed by atoms with Gasteiger partial charge < -0.3 is 10.3 Å². The first kappa shape index (κ1) is 18.8. The summed E-state index contributed by atoms with van der Waals surface area (Å²) in [6, 6.07) is 33.1. The molecule has 144 valence electrons. The Labute approximate surface area is 171 Å². The minimum Gasteiger partial charge on any atom is -0.366 e. The molecule has 0 saturated carbocycles. The Bertz CT molecular complexity index is 1060. The molecular weight excluding hydrogens is 356 g/mol. The first-order valence-corrected chi connectivity index (χ1v) is 9.80. The van der Waals surface area contributed by atoms with Crippen LogP contribution in [0.15, 0.2) is 97.1 Å². The van der Waals surface area contributed by atoms with Gasteiger partial charge in [0.15, 0.2) is 0 Å². The lowest BCUT2D eigenvalue weighted by Crippen LogP contribution is -2.15. The molecule has 2 N–H and O–H groups in total. The molecule has 0 atom stereocenters. The van der Waals surface area contributed by atoms with Crippen LogP contribution in [0.4, 0.5) is 0 Å². The van der Waals surface area contributed by atoms with Gasteiger partial charge in [-0.15, -0.1) is 0 Å². The van der Waals surface area contributed by atoms with Crippen molar-refractivity contribution in [1.29, 1.82) is 0 Å². The maximum atomic E-state index is 12.1. The van der Waals surface area contributed by atoms with Crippen molar-refractivity contribution < 1.29 is 4.79 Å². The van der Waals surface area contributed by atoms with Gasteiger partial charge in [0.1, 0.15) is 0 Å². The summed E-state index contributed by atoms with van der Waals surface area (Å²) in [5.74, 6) is -0.235. The van der Waals surface area contributed by atoms with Crippen LogP contribution < -0.4 is 5.73 Å². The lowest BCUT2D eigenvalue weighted by atomic mass is 9.91. The van der Waals surface area contributed by atoms with E-state index in [9.17, 15) is 4.79 Å². The number of carbonyl (C=O) groups is 1. The van der Waals surface area contributed by atoms with E-state index in [1.54, 1.807) is 0 Å². The van der Waals surface area contributed by atoms with Crippen LogP contribution in [0.25, 0.3) is 11.3 Å². The molecule has 0 fully saturated rings. The Hall–Kier alpha value is -3.59. The van der Waals surface area contributed by atoms with Gasteiger partial charge in [-0.1, -0.05) is 91.0 Å². The van der Waals surface area contributed by atoms with Gasteiger partial charge in [-0.25, -0.2) is 0 Å². The quantitative estimate of drug-likeness (QED) is 0.479. The zero-order chi connectivity index (χ0) is 20.2. The highest BCUT2D eigenvalue weighted by Crippen LogP contribution is 2.32. The van der Waals surface area contributed by atoms with Crippen LogP contribution >= 0.6 is 0 Å². The predicted octanol–water partition coefficient (Wildman–Crippen LogP) is 5.39. The van der Waals surface area contributed by atoms with Crippen molar-refractivity contribution in [2.45, 2.75) is 19.4 Å². The minimum atomic E-state index is -0.394. The monoisotopic (exact) mass is 380 g/mol. The molecule has 1 heterocycles. The van der Waals surface area contributed by atoms with Gasteiger partial charge in [0, 0.05) is 23.9 Å². The summed E-state index contributed by atoms with van der Waals surface area (Å²) >= 11 is 0. The van der Waals surface area contributed by atoms with Crippen molar-refractivity contribution in [2.75, 3.05) is 0 Å². The average Bonchev–Trinajstić information content (AvgIpc) is 3.10. The van der Waals surface area contributed by atoms with E-state index in [-0.39, 0.29) is 5.92 Å². The number of carbonyl (C=O) groups excluding carboxylic acids is 1. The van der Waals surface area contributed by atoms with Crippen LogP contribution in [-0.2, 0) is 6.54 Å². The van der Waals surface area contributed by atoms with Crippen LogP contribution in [0.5, 0.6) is 0 Å². The molecule has 3 aromatic carbocycles. The van der Waals surface area contributed by atoms with Gasteiger partial charge >= 0.3 is 0 Å². The Morgan fingerprint density at radius 1 is 0.828 bits per heavy atom. The van der Waals surface area contributed by atoms with Crippen LogP contribution in [0.3, 0.4) is 0 Å². The number of benzene rings is 3. The molecule has 0 radical (unpaired) electrons. The molecule has 0 unspecified atom stereocenters. The Balaban J connectivity index is 1.85. The highest BCUT2D eigenvalue weighted by Gasteiger charge is 2.21. The lowest BCUT2D eigenvalue weighted by Gasteiger charge is -2.22. The van der Waals surface area contributed by atoms with Crippen LogP contribution in [0, 0.1) is 6.92 Å². The summed E-state index contributed by atoms with van der Waals surface area (Å²) in [5.41, 5.74) is 11.7. The number of rotatable bonds is 6. The lowest BCUT2D eigenvalue weighted by molar-refractivity contribution is 0.0999. The molecule has 0 spiro atoms. The number of nitrogens with zero attached hydrogens (tertiary/aromatic N) is 1.